The van der Waals surface area contributed by atoms with E-state index in [0.29, 0.717) is 30.6 Å². The molecule has 3 rings (SSSR count). The van der Waals surface area contributed by atoms with Crippen LogP contribution >= 0.6 is 0 Å². The molecule has 0 aromatic carbocycles. The lowest BCUT2D eigenvalue weighted by atomic mass is 9.80. The molecule has 0 N–H and O–H groups in total. The van der Waals surface area contributed by atoms with Crippen LogP contribution in [0.5, 0.6) is 0 Å². The second-order valence-electron chi connectivity index (χ2n) is 4.56. The molecule has 3 nitrogen and oxygen atoms in total. The van der Waals surface area contributed by atoms with Gasteiger partial charge in [0.15, 0.2) is 0 Å². The minimum atomic E-state index is 0.0183. The SMILES string of the molecule is O=C1OCC2C3CC(OC[Si])C(C3)C12. The summed E-state index contributed by atoms with van der Waals surface area (Å²) in [5.74, 6) is 1.76. The molecule has 1 saturated heterocycles. The average molecular weight is 209 g/mol. The van der Waals surface area contributed by atoms with Gasteiger partial charge < -0.3 is 9.47 Å². The van der Waals surface area contributed by atoms with Crippen LogP contribution in [0.2, 0.25) is 0 Å². The third-order valence-electron chi connectivity index (χ3n) is 4.10. The molecule has 2 aliphatic carbocycles. The van der Waals surface area contributed by atoms with E-state index < -0.39 is 0 Å². The quantitative estimate of drug-likeness (QED) is 0.485. The fraction of sp³-hybridized carbons (Fsp3) is 0.900. The second kappa shape index (κ2) is 3.07. The van der Waals surface area contributed by atoms with Gasteiger partial charge in [0.2, 0.25) is 0 Å². The molecule has 4 heteroatoms. The zero-order valence-corrected chi connectivity index (χ0v) is 8.94. The van der Waals surface area contributed by atoms with Crippen LogP contribution in [-0.2, 0) is 14.3 Å². The first-order chi connectivity index (χ1) is 6.81. The smallest absolute Gasteiger partial charge is 0.309 e. The zero-order chi connectivity index (χ0) is 9.71. The van der Waals surface area contributed by atoms with Crippen molar-refractivity contribution < 1.29 is 14.3 Å². The highest BCUT2D eigenvalue weighted by atomic mass is 28.1. The molecule has 0 amide bonds. The molecular weight excluding hydrogens is 196 g/mol. The van der Waals surface area contributed by atoms with Gasteiger partial charge in [-0.3, -0.25) is 4.79 Å². The first kappa shape index (κ1) is 8.92. The average Bonchev–Trinajstić information content (AvgIpc) is 2.78. The number of ether oxygens (including phenoxy) is 2. The van der Waals surface area contributed by atoms with Crippen LogP contribution in [0.15, 0.2) is 0 Å². The van der Waals surface area contributed by atoms with Gasteiger partial charge in [0.05, 0.1) is 28.9 Å². The van der Waals surface area contributed by atoms with Crippen LogP contribution in [-0.4, -0.2) is 35.2 Å². The van der Waals surface area contributed by atoms with Gasteiger partial charge in [-0.15, -0.1) is 0 Å². The summed E-state index contributed by atoms with van der Waals surface area (Å²) in [6.07, 6.45) is 3.14. The van der Waals surface area contributed by atoms with Crippen molar-refractivity contribution in [2.24, 2.45) is 23.7 Å². The molecule has 0 spiro atoms. The normalized spacial score (nSPS) is 49.5. The highest BCUT2D eigenvalue weighted by molar-refractivity contribution is 6.08. The molecule has 3 fully saturated rings. The fourth-order valence-electron chi connectivity index (χ4n) is 3.57. The lowest BCUT2D eigenvalue weighted by Crippen LogP contribution is -2.34. The minimum absolute atomic E-state index is 0.0183. The van der Waals surface area contributed by atoms with E-state index in [-0.39, 0.29) is 18.0 Å². The predicted octanol–water partition coefficient (Wildman–Crippen LogP) is 0.327. The van der Waals surface area contributed by atoms with Crippen LogP contribution in [0.4, 0.5) is 0 Å². The van der Waals surface area contributed by atoms with Gasteiger partial charge in [-0.1, -0.05) is 0 Å². The van der Waals surface area contributed by atoms with Crippen molar-refractivity contribution in [1.82, 2.24) is 0 Å². The number of rotatable bonds is 2. The molecule has 5 unspecified atom stereocenters. The predicted molar refractivity (Wildman–Crippen MR) is 49.6 cm³/mol. The summed E-state index contributed by atoms with van der Waals surface area (Å²) in [6.45, 7) is 0.658. The van der Waals surface area contributed by atoms with Crippen molar-refractivity contribution in [3.63, 3.8) is 0 Å². The zero-order valence-electron chi connectivity index (χ0n) is 7.94. The van der Waals surface area contributed by atoms with Crippen LogP contribution in [0.3, 0.4) is 0 Å². The summed E-state index contributed by atoms with van der Waals surface area (Å²) in [7, 11) is 3.33. The highest BCUT2D eigenvalue weighted by Gasteiger charge is 2.59. The highest BCUT2D eigenvalue weighted by Crippen LogP contribution is 2.55. The van der Waals surface area contributed by atoms with E-state index in [4.69, 9.17) is 9.47 Å². The minimum Gasteiger partial charge on any atom is -0.465 e. The number of esters is 1. The molecule has 1 aliphatic heterocycles. The number of hydrogen-bond acceptors (Lipinski definition) is 3. The van der Waals surface area contributed by atoms with Crippen molar-refractivity contribution in [2.75, 3.05) is 12.8 Å². The van der Waals surface area contributed by atoms with E-state index in [9.17, 15) is 4.79 Å². The third kappa shape index (κ3) is 1.04. The molecule has 3 radical (unpaired) electrons. The van der Waals surface area contributed by atoms with Crippen molar-refractivity contribution in [2.45, 2.75) is 18.9 Å². The first-order valence-corrected chi connectivity index (χ1v) is 5.95. The Morgan fingerprint density at radius 1 is 1.43 bits per heavy atom. The van der Waals surface area contributed by atoms with E-state index in [0.717, 1.165) is 6.42 Å². The second-order valence-corrected chi connectivity index (χ2v) is 4.85. The van der Waals surface area contributed by atoms with E-state index >= 15 is 0 Å². The lowest BCUT2D eigenvalue weighted by molar-refractivity contribution is -0.143. The van der Waals surface area contributed by atoms with Crippen LogP contribution < -0.4 is 0 Å². The largest absolute Gasteiger partial charge is 0.465 e. The number of carbonyl (C=O) groups is 1. The Hall–Kier alpha value is -0.353. The van der Waals surface area contributed by atoms with Gasteiger partial charge in [0, 0.05) is 12.1 Å². The Morgan fingerprint density at radius 3 is 3.07 bits per heavy atom. The van der Waals surface area contributed by atoms with Gasteiger partial charge in [-0.2, -0.15) is 0 Å². The van der Waals surface area contributed by atoms with Gasteiger partial charge >= 0.3 is 5.97 Å². The molecule has 0 aromatic heterocycles. The fourth-order valence-corrected chi connectivity index (χ4v) is 3.79. The monoisotopic (exact) mass is 209 g/mol. The standard InChI is InChI=1S/C10H13O3Si/c11-10-9-6-1-5(7(9)3-12-10)2-8(6)13-4-14/h5-9H,1-4H2. The summed E-state index contributed by atoms with van der Waals surface area (Å²) < 4.78 is 10.7. The summed E-state index contributed by atoms with van der Waals surface area (Å²) in [4.78, 5) is 11.5. The molecule has 1 heterocycles. The van der Waals surface area contributed by atoms with Gasteiger partial charge in [-0.25, -0.2) is 0 Å². The maximum Gasteiger partial charge on any atom is 0.309 e. The van der Waals surface area contributed by atoms with Crippen molar-refractivity contribution in [3.8, 4) is 0 Å². The van der Waals surface area contributed by atoms with Gasteiger partial charge in [0.1, 0.15) is 0 Å². The summed E-state index contributed by atoms with van der Waals surface area (Å²) in [5, 5.41) is 0. The van der Waals surface area contributed by atoms with Crippen LogP contribution in [0, 0.1) is 23.7 Å². The lowest BCUT2D eigenvalue weighted by Gasteiger charge is -2.27. The maximum atomic E-state index is 11.5. The Morgan fingerprint density at radius 2 is 2.29 bits per heavy atom. The van der Waals surface area contributed by atoms with Crippen molar-refractivity contribution in [3.05, 3.63) is 0 Å². The Labute approximate surface area is 86.6 Å². The van der Waals surface area contributed by atoms with E-state index in [2.05, 4.69) is 10.2 Å². The van der Waals surface area contributed by atoms with Crippen molar-refractivity contribution in [1.29, 1.82) is 0 Å². The Bertz CT molecular complexity index is 268. The molecule has 5 atom stereocenters. The molecule has 2 saturated carbocycles. The molecular formula is C10H13O3Si. The molecule has 3 aliphatic rings. The van der Waals surface area contributed by atoms with Crippen LogP contribution in [0.25, 0.3) is 0 Å². The van der Waals surface area contributed by atoms with E-state index in [1.807, 2.05) is 0 Å². The Balaban J connectivity index is 1.80. The molecule has 14 heavy (non-hydrogen) atoms. The molecule has 0 aromatic rings. The molecule has 75 valence electrons. The number of carbonyl (C=O) groups excluding carboxylic acids is 1. The number of fused-ring (bicyclic) bond motifs is 5. The van der Waals surface area contributed by atoms with E-state index in [1.54, 1.807) is 0 Å². The number of hydrogen-bond donors (Lipinski definition) is 0. The van der Waals surface area contributed by atoms with Crippen molar-refractivity contribution >= 4 is 16.2 Å². The summed E-state index contributed by atoms with van der Waals surface area (Å²) >= 11 is 0. The Kier molecular flexibility index (Phi) is 1.95. The summed E-state index contributed by atoms with van der Waals surface area (Å²) in [6, 6.07) is 0. The van der Waals surface area contributed by atoms with Crippen LogP contribution in [0.1, 0.15) is 12.8 Å². The van der Waals surface area contributed by atoms with Gasteiger partial charge in [0.25, 0.3) is 0 Å². The number of cyclic esters (lactones) is 1. The maximum absolute atomic E-state index is 11.5. The van der Waals surface area contributed by atoms with E-state index in [1.165, 1.54) is 6.42 Å². The molecule has 2 bridgehead atoms. The topological polar surface area (TPSA) is 35.5 Å². The summed E-state index contributed by atoms with van der Waals surface area (Å²) in [5.41, 5.74) is 0. The third-order valence-corrected chi connectivity index (χ3v) is 4.27. The van der Waals surface area contributed by atoms with Gasteiger partial charge in [-0.05, 0) is 24.7 Å². The first-order valence-electron chi connectivity index (χ1n) is 5.24.